The average molecular weight is 1830 g/mol. The van der Waals surface area contributed by atoms with Crippen molar-refractivity contribution in [3.63, 3.8) is 0 Å². The van der Waals surface area contributed by atoms with Gasteiger partial charge in [0.2, 0.25) is 0 Å². The summed E-state index contributed by atoms with van der Waals surface area (Å²) < 4.78 is 0. The Hall–Kier alpha value is -5.42. The predicted molar refractivity (Wildman–Crippen MR) is 457 cm³/mol. The largest absolute Gasteiger partial charge is 0.248 e. The molecule has 10 aliphatic heterocycles. The first kappa shape index (κ1) is 79.8. The number of allylic oxidation sites excluding steroid dienone is 24. The van der Waals surface area contributed by atoms with E-state index in [1.807, 2.05) is 0 Å². The van der Waals surface area contributed by atoms with Gasteiger partial charge in [-0.05, 0) is 341 Å². The smallest absolute Gasteiger partial charge is 0.0696 e. The van der Waals surface area contributed by atoms with Crippen molar-refractivity contribution in [2.75, 3.05) is 0 Å². The molecule has 16 bridgehead atoms. The van der Waals surface area contributed by atoms with E-state index in [0.29, 0.717) is 47.3 Å². The van der Waals surface area contributed by atoms with Crippen LogP contribution in [-0.4, -0.2) is 45.7 Å². The third kappa shape index (κ3) is 15.8. The van der Waals surface area contributed by atoms with E-state index in [-0.39, 0.29) is 42.1 Å². The molecule has 0 spiro atoms. The molecule has 8 saturated carbocycles. The summed E-state index contributed by atoms with van der Waals surface area (Å²) in [4.78, 5) is 45.0. The minimum Gasteiger partial charge on any atom is -0.248 e. The first-order chi connectivity index (χ1) is 53.0. The zero-order chi connectivity index (χ0) is 73.5. The standard InChI is InChI=1S/C52H68N4.C48H60N4.2Pt/c1-5-37-41-29-46-50(34-23-15-10-16-24-34)39(7-3)43(54-46)31-48-52(36-27-19-12-20-28-36)40(8-4)44(56-48)32-47-51(35-25-17-11-18-26-35)38(6-2)42(55-47)30-45(53-41)49(37)33-21-13-9-14-22-33;1-29-37-25-42-46(34-19-11-6-12-20-34)31(3)39(50-42)27-44-48(36-23-15-8-16-24-36)32(4)40(52-44)28-43-47(35-21-13-7-14-22-35)30(2)38(51-43)26-41(49-37)45(29)33-17-9-5-10-18-33;;/h29-36H,5-28H2,1-4H3;25-28,33-36H,5-24H2,1-4H3;;. The van der Waals surface area contributed by atoms with Crippen LogP contribution in [0, 0.1) is 47.3 Å². The number of hydrogen-bond donors (Lipinski definition) is 0. The molecule has 588 valence electrons. The van der Waals surface area contributed by atoms with Crippen LogP contribution in [-0.2, 0) is 42.1 Å². The van der Waals surface area contributed by atoms with Crippen LogP contribution < -0.4 is 0 Å². The van der Waals surface area contributed by atoms with Crippen LogP contribution in [0.4, 0.5) is 0 Å². The molecule has 10 heteroatoms. The Morgan fingerprint density at radius 1 is 0.191 bits per heavy atom. The van der Waals surface area contributed by atoms with Crippen LogP contribution in [0.1, 0.15) is 338 Å². The fraction of sp³-hybridized carbons (Fsp3) is 0.600. The van der Waals surface area contributed by atoms with Gasteiger partial charge in [-0.1, -0.05) is 182 Å². The number of rotatable bonds is 12. The summed E-state index contributed by atoms with van der Waals surface area (Å²) in [5.41, 5.74) is 41.9. The molecule has 0 atom stereocenters. The minimum absolute atomic E-state index is 0. The quantitative estimate of drug-likeness (QED) is 0.186. The second kappa shape index (κ2) is 35.8. The van der Waals surface area contributed by atoms with E-state index in [0.717, 1.165) is 71.3 Å². The van der Waals surface area contributed by atoms with Gasteiger partial charge in [0.15, 0.2) is 0 Å². The third-order valence-corrected chi connectivity index (χ3v) is 29.5. The summed E-state index contributed by atoms with van der Waals surface area (Å²) in [7, 11) is 0. The molecule has 18 aliphatic rings. The molecular formula is C100H128N8Pt2. The average Bonchev–Trinajstić information content (AvgIpc) is 1.62. The zero-order valence-corrected chi connectivity index (χ0v) is 73.1. The molecule has 0 aromatic heterocycles. The fourth-order valence-corrected chi connectivity index (χ4v) is 24.1. The van der Waals surface area contributed by atoms with Gasteiger partial charge in [-0.25, -0.2) is 39.9 Å². The minimum atomic E-state index is 0. The van der Waals surface area contributed by atoms with Crippen molar-refractivity contribution in [2.24, 2.45) is 87.3 Å². The first-order valence-corrected chi connectivity index (χ1v) is 45.3. The predicted octanol–water partition coefficient (Wildman–Crippen LogP) is 27.4. The van der Waals surface area contributed by atoms with Crippen LogP contribution in [0.15, 0.2) is 223 Å². The topological polar surface area (TPSA) is 98.9 Å². The Kier molecular flexibility index (Phi) is 25.9. The van der Waals surface area contributed by atoms with Crippen molar-refractivity contribution < 1.29 is 42.1 Å². The van der Waals surface area contributed by atoms with Gasteiger partial charge in [0.05, 0.1) is 91.3 Å². The Labute approximate surface area is 691 Å². The molecule has 0 saturated heterocycles. The van der Waals surface area contributed by atoms with Gasteiger partial charge in [-0.2, -0.15) is 0 Å². The fourth-order valence-electron chi connectivity index (χ4n) is 24.1. The van der Waals surface area contributed by atoms with Crippen LogP contribution in [0.2, 0.25) is 0 Å². The Morgan fingerprint density at radius 3 is 0.473 bits per heavy atom. The van der Waals surface area contributed by atoms with E-state index >= 15 is 0 Å². The van der Waals surface area contributed by atoms with E-state index in [9.17, 15) is 0 Å². The zero-order valence-electron chi connectivity index (χ0n) is 68.6. The van der Waals surface area contributed by atoms with Gasteiger partial charge in [-0.15, -0.1) is 0 Å². The van der Waals surface area contributed by atoms with E-state index in [1.165, 1.54) is 392 Å². The number of aliphatic imine (C=N–C) groups is 8. The molecule has 0 aromatic rings. The van der Waals surface area contributed by atoms with Crippen molar-refractivity contribution >= 4 is 45.7 Å². The summed E-state index contributed by atoms with van der Waals surface area (Å²) in [6, 6.07) is 0. The Morgan fingerprint density at radius 2 is 0.318 bits per heavy atom. The molecular weight excluding hydrogens is 1700 g/mol. The molecule has 0 aromatic carbocycles. The summed E-state index contributed by atoms with van der Waals surface area (Å²) in [6.07, 6.45) is 75.6. The van der Waals surface area contributed by atoms with E-state index < -0.39 is 0 Å². The molecule has 8 fully saturated rings. The van der Waals surface area contributed by atoms with Crippen molar-refractivity contribution in [2.45, 2.75) is 338 Å². The molecule has 0 N–H and O–H groups in total. The monoisotopic (exact) mass is 1830 g/mol. The van der Waals surface area contributed by atoms with Crippen molar-refractivity contribution in [1.82, 2.24) is 0 Å². The van der Waals surface area contributed by atoms with Gasteiger partial charge in [-0.3, -0.25) is 0 Å². The molecule has 110 heavy (non-hydrogen) atoms. The normalized spacial score (nSPS) is 26.1. The van der Waals surface area contributed by atoms with Gasteiger partial charge in [0, 0.05) is 42.1 Å². The van der Waals surface area contributed by atoms with Crippen LogP contribution in [0.3, 0.4) is 0 Å². The molecule has 0 amide bonds. The van der Waals surface area contributed by atoms with Crippen molar-refractivity contribution in [3.05, 3.63) is 183 Å². The molecule has 0 unspecified atom stereocenters. The van der Waals surface area contributed by atoms with Crippen LogP contribution >= 0.6 is 0 Å². The second-order valence-electron chi connectivity index (χ2n) is 36.0. The number of nitrogens with zero attached hydrogens (tertiary/aromatic N) is 8. The summed E-state index contributed by atoms with van der Waals surface area (Å²) in [6.45, 7) is 18.9. The maximum absolute atomic E-state index is 5.70. The SMILES string of the molecule is CC1=C(C2CCCCC2)C2=NC1=CC1=NC(=CC3=NC(=CC4=NC(=C2)C(C)=C4C2CCCCC2)C(C)=C3C2CCCCC2)C(C)=C1C1CCCCC1.CCC1=C(C2CCCCC2)C2=NC1=CC1=NC(=CC3=NC(=CC4=NC(=C2)C(CC)=C4C2CCCCC2)C(CC)=C3C2CCCCC2)C(CC)=C1C1CCCCC1.[Pt].[Pt]. The van der Waals surface area contributed by atoms with Crippen molar-refractivity contribution in [1.29, 1.82) is 0 Å². The maximum Gasteiger partial charge on any atom is 0.0696 e. The van der Waals surface area contributed by atoms with Crippen molar-refractivity contribution in [3.8, 4) is 0 Å². The molecule has 8 nitrogen and oxygen atoms in total. The summed E-state index contributed by atoms with van der Waals surface area (Å²) in [5.74, 6) is 4.56. The number of hydrogen-bond acceptors (Lipinski definition) is 8. The Balaban J connectivity index is 0.000000172. The Bertz CT molecular complexity index is 3910. The van der Waals surface area contributed by atoms with Gasteiger partial charge < -0.3 is 0 Å². The summed E-state index contributed by atoms with van der Waals surface area (Å²) in [5, 5.41) is 0. The third-order valence-electron chi connectivity index (χ3n) is 29.5. The second-order valence-corrected chi connectivity index (χ2v) is 36.0. The van der Waals surface area contributed by atoms with E-state index in [1.54, 1.807) is 0 Å². The van der Waals surface area contributed by atoms with E-state index in [2.05, 4.69) is 104 Å². The van der Waals surface area contributed by atoms with Gasteiger partial charge >= 0.3 is 0 Å². The molecule has 8 aliphatic carbocycles. The summed E-state index contributed by atoms with van der Waals surface area (Å²) >= 11 is 0. The van der Waals surface area contributed by atoms with Gasteiger partial charge in [0.1, 0.15) is 0 Å². The van der Waals surface area contributed by atoms with Crippen LogP contribution in [0.5, 0.6) is 0 Å². The molecule has 0 radical (unpaired) electrons. The van der Waals surface area contributed by atoms with E-state index in [4.69, 9.17) is 39.9 Å². The van der Waals surface area contributed by atoms with Crippen LogP contribution in [0.25, 0.3) is 0 Å². The molecule has 18 rings (SSSR count). The first-order valence-electron chi connectivity index (χ1n) is 45.3. The number of fused-ring (bicyclic) bond motifs is 8. The van der Waals surface area contributed by atoms with Gasteiger partial charge in [0.25, 0.3) is 0 Å². The molecule has 10 heterocycles. The maximum atomic E-state index is 5.70.